The number of hydrogen-bond donors (Lipinski definition) is 2. The van der Waals surface area contributed by atoms with Crippen LogP contribution >= 0.6 is 0 Å². The van der Waals surface area contributed by atoms with Crippen LogP contribution in [0.1, 0.15) is 6.92 Å². The van der Waals surface area contributed by atoms with Crippen LogP contribution < -0.4 is 25.0 Å². The second-order valence-electron chi connectivity index (χ2n) is 5.27. The number of carbonyl (C=O) groups excluding carboxylic acids is 1. The van der Waals surface area contributed by atoms with Gasteiger partial charge in [-0.1, -0.05) is 6.07 Å². The van der Waals surface area contributed by atoms with Crippen molar-refractivity contribution in [3.8, 4) is 11.5 Å². The van der Waals surface area contributed by atoms with E-state index in [1.165, 1.54) is 0 Å². The predicted molar refractivity (Wildman–Crippen MR) is 96.0 cm³/mol. The van der Waals surface area contributed by atoms with E-state index in [-0.39, 0.29) is 12.8 Å². The molecule has 128 valence electrons. The maximum absolute atomic E-state index is 11.9. The summed E-state index contributed by atoms with van der Waals surface area (Å²) in [6.07, 6.45) is 0. The average Bonchev–Trinajstić information content (AvgIpc) is 2.57. The zero-order valence-corrected chi connectivity index (χ0v) is 14.2. The van der Waals surface area contributed by atoms with Crippen molar-refractivity contribution in [2.45, 2.75) is 6.92 Å². The van der Waals surface area contributed by atoms with Crippen LogP contribution in [0.4, 0.5) is 16.2 Å². The second-order valence-corrected chi connectivity index (χ2v) is 5.27. The molecule has 0 radical (unpaired) electrons. The molecule has 6 heteroatoms. The van der Waals surface area contributed by atoms with Gasteiger partial charge in [-0.25, -0.2) is 4.79 Å². The minimum Gasteiger partial charge on any atom is -0.494 e. The standard InChI is InChI=1S/C18H23N3O3/c1-4-23-16-8-10-17(11-9-16)24-13-19-18(22)20-14-6-5-7-15(12-14)21(2)3/h5-12H,4,13H2,1-3H3,(H2,19,20,22). The van der Waals surface area contributed by atoms with Gasteiger partial charge in [-0.3, -0.25) is 0 Å². The SMILES string of the molecule is CCOc1ccc(OCNC(=O)Nc2cccc(N(C)C)c2)cc1. The monoisotopic (exact) mass is 329 g/mol. The Morgan fingerprint density at radius 1 is 1.04 bits per heavy atom. The second kappa shape index (κ2) is 8.67. The van der Waals surface area contributed by atoms with Gasteiger partial charge in [0.15, 0.2) is 6.73 Å². The van der Waals surface area contributed by atoms with Gasteiger partial charge in [0, 0.05) is 25.5 Å². The van der Waals surface area contributed by atoms with Gasteiger partial charge in [0.1, 0.15) is 11.5 Å². The number of amides is 2. The van der Waals surface area contributed by atoms with Crippen molar-refractivity contribution in [1.82, 2.24) is 5.32 Å². The third-order valence-corrected chi connectivity index (χ3v) is 3.23. The van der Waals surface area contributed by atoms with Crippen LogP contribution in [-0.2, 0) is 0 Å². The van der Waals surface area contributed by atoms with Gasteiger partial charge in [-0.15, -0.1) is 0 Å². The Bertz CT molecular complexity index is 657. The van der Waals surface area contributed by atoms with Crippen molar-refractivity contribution in [3.63, 3.8) is 0 Å². The number of urea groups is 1. The zero-order valence-electron chi connectivity index (χ0n) is 14.2. The van der Waals surface area contributed by atoms with Crippen LogP contribution in [0.25, 0.3) is 0 Å². The highest BCUT2D eigenvalue weighted by molar-refractivity contribution is 5.89. The number of rotatable bonds is 7. The Morgan fingerprint density at radius 3 is 2.33 bits per heavy atom. The molecule has 0 heterocycles. The Labute approximate surface area is 142 Å². The van der Waals surface area contributed by atoms with Crippen molar-refractivity contribution in [3.05, 3.63) is 48.5 Å². The number of anilines is 2. The highest BCUT2D eigenvalue weighted by Gasteiger charge is 2.03. The minimum atomic E-state index is -0.322. The highest BCUT2D eigenvalue weighted by atomic mass is 16.5. The number of benzene rings is 2. The number of nitrogens with one attached hydrogen (secondary N) is 2. The normalized spacial score (nSPS) is 9.96. The summed E-state index contributed by atoms with van der Waals surface area (Å²) in [6.45, 7) is 2.63. The molecule has 2 aromatic rings. The van der Waals surface area contributed by atoms with Crippen LogP contribution in [0.5, 0.6) is 11.5 Å². The smallest absolute Gasteiger partial charge is 0.321 e. The quantitative estimate of drug-likeness (QED) is 0.765. The Kier molecular flexibility index (Phi) is 6.31. The summed E-state index contributed by atoms with van der Waals surface area (Å²) in [7, 11) is 3.90. The fourth-order valence-electron chi connectivity index (χ4n) is 2.02. The molecule has 24 heavy (non-hydrogen) atoms. The molecule has 0 atom stereocenters. The summed E-state index contributed by atoms with van der Waals surface area (Å²) in [5, 5.41) is 5.42. The molecular formula is C18H23N3O3. The lowest BCUT2D eigenvalue weighted by atomic mass is 10.2. The van der Waals surface area contributed by atoms with Gasteiger partial charge in [0.25, 0.3) is 0 Å². The fraction of sp³-hybridized carbons (Fsp3) is 0.278. The molecule has 0 saturated carbocycles. The van der Waals surface area contributed by atoms with E-state index in [4.69, 9.17) is 9.47 Å². The van der Waals surface area contributed by atoms with Crippen LogP contribution in [0.2, 0.25) is 0 Å². The van der Waals surface area contributed by atoms with E-state index in [0.717, 1.165) is 17.1 Å². The molecule has 2 rings (SSSR count). The van der Waals surface area contributed by atoms with Crippen molar-refractivity contribution < 1.29 is 14.3 Å². The lowest BCUT2D eigenvalue weighted by Gasteiger charge is -2.14. The molecule has 6 nitrogen and oxygen atoms in total. The number of nitrogens with zero attached hydrogens (tertiary/aromatic N) is 1. The van der Waals surface area contributed by atoms with Crippen molar-refractivity contribution in [1.29, 1.82) is 0 Å². The van der Waals surface area contributed by atoms with Crippen LogP contribution in [0.3, 0.4) is 0 Å². The molecule has 0 aromatic heterocycles. The third kappa shape index (κ3) is 5.39. The van der Waals surface area contributed by atoms with Crippen LogP contribution in [0, 0.1) is 0 Å². The van der Waals surface area contributed by atoms with Crippen molar-refractivity contribution >= 4 is 17.4 Å². The Balaban J connectivity index is 1.78. The van der Waals surface area contributed by atoms with Crippen molar-refractivity contribution in [2.75, 3.05) is 37.6 Å². The van der Waals surface area contributed by atoms with E-state index in [1.807, 2.05) is 62.3 Å². The summed E-state index contributed by atoms with van der Waals surface area (Å²) in [6, 6.07) is 14.5. The van der Waals surface area contributed by atoms with E-state index in [1.54, 1.807) is 12.1 Å². The first-order valence-electron chi connectivity index (χ1n) is 7.76. The first-order valence-corrected chi connectivity index (χ1v) is 7.76. The summed E-state index contributed by atoms with van der Waals surface area (Å²) < 4.78 is 10.8. The molecule has 0 fully saturated rings. The first-order chi connectivity index (χ1) is 11.6. The van der Waals surface area contributed by atoms with E-state index in [0.29, 0.717) is 12.4 Å². The predicted octanol–water partition coefficient (Wildman–Crippen LogP) is 3.31. The van der Waals surface area contributed by atoms with Gasteiger partial charge in [0.05, 0.1) is 6.61 Å². The molecule has 0 aliphatic heterocycles. The molecule has 0 unspecified atom stereocenters. The lowest BCUT2D eigenvalue weighted by molar-refractivity contribution is 0.234. The van der Waals surface area contributed by atoms with E-state index in [2.05, 4.69) is 10.6 Å². The number of ether oxygens (including phenoxy) is 2. The van der Waals surface area contributed by atoms with Crippen LogP contribution in [0.15, 0.2) is 48.5 Å². The topological polar surface area (TPSA) is 62.8 Å². The third-order valence-electron chi connectivity index (χ3n) is 3.23. The first kappa shape index (κ1) is 17.5. The van der Waals surface area contributed by atoms with E-state index < -0.39 is 0 Å². The highest BCUT2D eigenvalue weighted by Crippen LogP contribution is 2.18. The Morgan fingerprint density at radius 2 is 1.71 bits per heavy atom. The van der Waals surface area contributed by atoms with Gasteiger partial charge in [-0.05, 0) is 49.4 Å². The largest absolute Gasteiger partial charge is 0.494 e. The molecular weight excluding hydrogens is 306 g/mol. The van der Waals surface area contributed by atoms with Crippen LogP contribution in [-0.4, -0.2) is 33.5 Å². The molecule has 2 amide bonds. The molecule has 0 saturated heterocycles. The summed E-state index contributed by atoms with van der Waals surface area (Å²) in [4.78, 5) is 13.9. The molecule has 2 aromatic carbocycles. The van der Waals surface area contributed by atoms with Gasteiger partial charge in [-0.2, -0.15) is 0 Å². The molecule has 0 bridgehead atoms. The minimum absolute atomic E-state index is 0.0766. The average molecular weight is 329 g/mol. The maximum Gasteiger partial charge on any atom is 0.321 e. The number of hydrogen-bond acceptors (Lipinski definition) is 4. The van der Waals surface area contributed by atoms with Gasteiger partial charge >= 0.3 is 6.03 Å². The molecule has 0 aliphatic carbocycles. The van der Waals surface area contributed by atoms with E-state index in [9.17, 15) is 4.79 Å². The zero-order chi connectivity index (χ0) is 17.4. The molecule has 0 aliphatic rings. The maximum atomic E-state index is 11.9. The summed E-state index contributed by atoms with van der Waals surface area (Å²) in [5.74, 6) is 1.45. The number of carbonyl (C=O) groups is 1. The van der Waals surface area contributed by atoms with Crippen molar-refractivity contribution in [2.24, 2.45) is 0 Å². The summed E-state index contributed by atoms with van der Waals surface area (Å²) >= 11 is 0. The van der Waals surface area contributed by atoms with Gasteiger partial charge < -0.3 is 25.0 Å². The molecule has 0 spiro atoms. The fourth-order valence-corrected chi connectivity index (χ4v) is 2.02. The van der Waals surface area contributed by atoms with Gasteiger partial charge in [0.2, 0.25) is 0 Å². The van der Waals surface area contributed by atoms with E-state index >= 15 is 0 Å². The Hall–Kier alpha value is -2.89. The molecule has 2 N–H and O–H groups in total. The summed E-state index contributed by atoms with van der Waals surface area (Å²) in [5.41, 5.74) is 1.73. The lowest BCUT2D eigenvalue weighted by Crippen LogP contribution is -2.32.